The molecule has 1 N–H and O–H groups in total. The summed E-state index contributed by atoms with van der Waals surface area (Å²) < 4.78 is 10.6. The Morgan fingerprint density at radius 2 is 2.25 bits per heavy atom. The van der Waals surface area contributed by atoms with Crippen LogP contribution in [0.2, 0.25) is 0 Å². The first kappa shape index (κ1) is 16.8. The van der Waals surface area contributed by atoms with E-state index in [0.29, 0.717) is 36.8 Å². The van der Waals surface area contributed by atoms with Crippen LogP contribution in [0.1, 0.15) is 30.1 Å². The van der Waals surface area contributed by atoms with Crippen LogP contribution < -0.4 is 10.1 Å². The molecule has 0 aliphatic carbocycles. The predicted octanol–water partition coefficient (Wildman–Crippen LogP) is 2.85. The number of nitrogens with one attached hydrogen (secondary N) is 1. The molecule has 112 valence electrons. The van der Waals surface area contributed by atoms with Crippen molar-refractivity contribution < 1.29 is 14.3 Å². The van der Waals surface area contributed by atoms with Gasteiger partial charge in [0.2, 0.25) is 0 Å². The molecule has 0 spiro atoms. The predicted molar refractivity (Wildman–Crippen MR) is 80.7 cm³/mol. The van der Waals surface area contributed by atoms with Gasteiger partial charge in [-0.1, -0.05) is 13.0 Å². The van der Waals surface area contributed by atoms with E-state index in [2.05, 4.69) is 5.32 Å². The van der Waals surface area contributed by atoms with E-state index in [1.165, 1.54) is 0 Å². The van der Waals surface area contributed by atoms with Crippen LogP contribution in [0.3, 0.4) is 0 Å². The van der Waals surface area contributed by atoms with E-state index < -0.39 is 0 Å². The van der Waals surface area contributed by atoms with Gasteiger partial charge in [-0.05, 0) is 31.0 Å². The summed E-state index contributed by atoms with van der Waals surface area (Å²) in [6.45, 7) is 3.13. The Kier molecular flexibility index (Phi) is 8.07. The monoisotopic (exact) mass is 299 g/mol. The summed E-state index contributed by atoms with van der Waals surface area (Å²) in [6, 6.07) is 7.09. The van der Waals surface area contributed by atoms with Crippen LogP contribution in [0.15, 0.2) is 24.3 Å². The number of halogens is 1. The number of methoxy groups -OCH3 is 1. The van der Waals surface area contributed by atoms with Crippen molar-refractivity contribution in [3.05, 3.63) is 29.8 Å². The van der Waals surface area contributed by atoms with Gasteiger partial charge in [0.15, 0.2) is 0 Å². The highest BCUT2D eigenvalue weighted by molar-refractivity contribution is 6.17. The maximum absolute atomic E-state index is 12.2. The first-order valence-corrected chi connectivity index (χ1v) is 7.33. The Hall–Kier alpha value is -1.26. The molecule has 0 saturated heterocycles. The number of hydrogen-bond donors (Lipinski definition) is 1. The lowest BCUT2D eigenvalue weighted by Gasteiger charge is -2.17. The van der Waals surface area contributed by atoms with Crippen molar-refractivity contribution >= 4 is 17.5 Å². The highest BCUT2D eigenvalue weighted by Gasteiger charge is 2.13. The molecular weight excluding hydrogens is 278 g/mol. The minimum Gasteiger partial charge on any atom is -0.494 e. The number of benzene rings is 1. The zero-order valence-electron chi connectivity index (χ0n) is 12.0. The van der Waals surface area contributed by atoms with Gasteiger partial charge < -0.3 is 14.8 Å². The average Bonchev–Trinajstić information content (AvgIpc) is 2.46. The Morgan fingerprint density at radius 1 is 1.45 bits per heavy atom. The highest BCUT2D eigenvalue weighted by Crippen LogP contribution is 2.14. The molecule has 0 fully saturated rings. The molecule has 0 aliphatic heterocycles. The molecule has 0 radical (unpaired) electrons. The SMILES string of the molecule is CCCOc1cccc(C(=O)NC(CCCl)COC)c1. The maximum atomic E-state index is 12.2. The Bertz CT molecular complexity index is 406. The lowest BCUT2D eigenvalue weighted by molar-refractivity contribution is 0.0894. The highest BCUT2D eigenvalue weighted by atomic mass is 35.5. The van der Waals surface area contributed by atoms with E-state index >= 15 is 0 Å². The molecule has 0 heterocycles. The van der Waals surface area contributed by atoms with Crippen LogP contribution in [0.25, 0.3) is 0 Å². The van der Waals surface area contributed by atoms with Gasteiger partial charge in [0.05, 0.1) is 19.3 Å². The van der Waals surface area contributed by atoms with Crippen LogP contribution in [-0.2, 0) is 4.74 Å². The van der Waals surface area contributed by atoms with Crippen molar-refractivity contribution in [3.8, 4) is 5.75 Å². The quantitative estimate of drug-likeness (QED) is 0.713. The second kappa shape index (κ2) is 9.61. The van der Waals surface area contributed by atoms with Crippen molar-refractivity contribution in [2.24, 2.45) is 0 Å². The van der Waals surface area contributed by atoms with Crippen LogP contribution in [-0.4, -0.2) is 38.2 Å². The largest absolute Gasteiger partial charge is 0.494 e. The van der Waals surface area contributed by atoms with Crippen molar-refractivity contribution in [2.75, 3.05) is 26.2 Å². The molecule has 4 nitrogen and oxygen atoms in total. The van der Waals surface area contributed by atoms with Gasteiger partial charge in [-0.15, -0.1) is 11.6 Å². The summed E-state index contributed by atoms with van der Waals surface area (Å²) in [6.07, 6.45) is 1.61. The molecule has 20 heavy (non-hydrogen) atoms. The number of amides is 1. The lowest BCUT2D eigenvalue weighted by Crippen LogP contribution is -2.38. The smallest absolute Gasteiger partial charge is 0.251 e. The minimum absolute atomic E-state index is 0.0785. The van der Waals surface area contributed by atoms with E-state index in [0.717, 1.165) is 6.42 Å². The average molecular weight is 300 g/mol. The number of ether oxygens (including phenoxy) is 2. The third kappa shape index (κ3) is 5.80. The molecule has 0 saturated carbocycles. The maximum Gasteiger partial charge on any atom is 0.251 e. The molecule has 5 heteroatoms. The molecule has 1 aromatic rings. The molecule has 0 aliphatic rings. The summed E-state index contributed by atoms with van der Waals surface area (Å²) in [5, 5.41) is 2.91. The fraction of sp³-hybridized carbons (Fsp3) is 0.533. The number of alkyl halides is 1. The molecule has 1 aromatic carbocycles. The summed E-state index contributed by atoms with van der Waals surface area (Å²) in [7, 11) is 1.60. The Morgan fingerprint density at radius 3 is 2.90 bits per heavy atom. The lowest BCUT2D eigenvalue weighted by atomic mass is 10.1. The summed E-state index contributed by atoms with van der Waals surface area (Å²) >= 11 is 5.72. The van der Waals surface area contributed by atoms with Crippen LogP contribution in [0, 0.1) is 0 Å². The second-order valence-corrected chi connectivity index (χ2v) is 4.86. The normalized spacial score (nSPS) is 11.9. The molecular formula is C15H22ClNO3. The van der Waals surface area contributed by atoms with E-state index in [1.54, 1.807) is 19.2 Å². The second-order valence-electron chi connectivity index (χ2n) is 4.48. The number of hydrogen-bond acceptors (Lipinski definition) is 3. The van der Waals surface area contributed by atoms with Gasteiger partial charge in [-0.2, -0.15) is 0 Å². The summed E-state index contributed by atoms with van der Waals surface area (Å²) in [4.78, 5) is 12.2. The zero-order valence-corrected chi connectivity index (χ0v) is 12.8. The summed E-state index contributed by atoms with van der Waals surface area (Å²) in [5.41, 5.74) is 0.578. The van der Waals surface area contributed by atoms with Gasteiger partial charge in [0.25, 0.3) is 5.91 Å². The molecule has 0 bridgehead atoms. The van der Waals surface area contributed by atoms with Crippen molar-refractivity contribution in [1.82, 2.24) is 5.32 Å². The third-order valence-electron chi connectivity index (χ3n) is 2.73. The van der Waals surface area contributed by atoms with E-state index in [1.807, 2.05) is 19.1 Å². The molecule has 1 unspecified atom stereocenters. The standard InChI is InChI=1S/C15H22ClNO3/c1-3-9-20-14-6-4-5-12(10-14)15(18)17-13(7-8-16)11-19-2/h4-6,10,13H,3,7-9,11H2,1-2H3,(H,17,18). The first-order valence-electron chi connectivity index (χ1n) is 6.79. The zero-order chi connectivity index (χ0) is 14.8. The fourth-order valence-corrected chi connectivity index (χ4v) is 2.01. The van der Waals surface area contributed by atoms with Gasteiger partial charge in [0.1, 0.15) is 5.75 Å². The molecule has 1 rings (SSSR count). The van der Waals surface area contributed by atoms with E-state index in [9.17, 15) is 4.79 Å². The van der Waals surface area contributed by atoms with Gasteiger partial charge in [-0.25, -0.2) is 0 Å². The number of carbonyl (C=O) groups excluding carboxylic acids is 1. The minimum atomic E-state index is -0.140. The van der Waals surface area contributed by atoms with Crippen LogP contribution in [0.4, 0.5) is 0 Å². The Labute approximate surface area is 125 Å². The molecule has 1 amide bonds. The van der Waals surface area contributed by atoms with Gasteiger partial charge >= 0.3 is 0 Å². The van der Waals surface area contributed by atoms with Crippen molar-refractivity contribution in [1.29, 1.82) is 0 Å². The van der Waals surface area contributed by atoms with Crippen LogP contribution >= 0.6 is 11.6 Å². The third-order valence-corrected chi connectivity index (χ3v) is 2.95. The molecule has 0 aromatic heterocycles. The number of carbonyl (C=O) groups is 1. The fourth-order valence-electron chi connectivity index (χ4n) is 1.75. The van der Waals surface area contributed by atoms with E-state index in [4.69, 9.17) is 21.1 Å². The van der Waals surface area contributed by atoms with Crippen molar-refractivity contribution in [3.63, 3.8) is 0 Å². The topological polar surface area (TPSA) is 47.6 Å². The Balaban J connectivity index is 2.65. The molecule has 1 atom stereocenters. The van der Waals surface area contributed by atoms with Crippen molar-refractivity contribution in [2.45, 2.75) is 25.8 Å². The van der Waals surface area contributed by atoms with Gasteiger partial charge in [-0.3, -0.25) is 4.79 Å². The first-order chi connectivity index (χ1) is 9.71. The van der Waals surface area contributed by atoms with Gasteiger partial charge in [0, 0.05) is 18.6 Å². The number of rotatable bonds is 9. The van der Waals surface area contributed by atoms with Crippen LogP contribution in [0.5, 0.6) is 5.75 Å². The summed E-state index contributed by atoms with van der Waals surface area (Å²) in [5.74, 6) is 1.05. The van der Waals surface area contributed by atoms with E-state index in [-0.39, 0.29) is 11.9 Å².